The maximum atomic E-state index is 13.5. The molecule has 13 heteroatoms. The van der Waals surface area contributed by atoms with Gasteiger partial charge in [-0.15, -0.1) is 0 Å². The van der Waals surface area contributed by atoms with Crippen LogP contribution in [0.3, 0.4) is 0 Å². The first-order valence-electron chi connectivity index (χ1n) is 7.75. The van der Waals surface area contributed by atoms with Crippen LogP contribution in [0, 0.1) is 0 Å². The molecule has 0 rings (SSSR count). The predicted octanol–water partition coefficient (Wildman–Crippen LogP) is 6.15. The molecule has 0 amide bonds. The number of aliphatic hydroxyl groups excluding tert-OH is 1. The van der Waals surface area contributed by atoms with Gasteiger partial charge < -0.3 is 5.11 Å². The van der Waals surface area contributed by atoms with E-state index >= 15 is 0 Å². The smallest absolute Gasteiger partial charge is 0.384 e. The van der Waals surface area contributed by atoms with E-state index in [1.54, 1.807) is 0 Å². The van der Waals surface area contributed by atoms with Gasteiger partial charge in [0.15, 0.2) is 0 Å². The summed E-state index contributed by atoms with van der Waals surface area (Å²) < 4.78 is 161. The lowest BCUT2D eigenvalue weighted by Crippen LogP contribution is -2.70. The summed E-state index contributed by atoms with van der Waals surface area (Å²) in [4.78, 5) is 0. The molecule has 0 aromatic carbocycles. The minimum Gasteiger partial charge on any atom is -0.396 e. The quantitative estimate of drug-likeness (QED) is 0.291. The van der Waals surface area contributed by atoms with Crippen LogP contribution in [-0.4, -0.2) is 47.2 Å². The summed E-state index contributed by atoms with van der Waals surface area (Å²) in [6.07, 6.45) is -6.39. The van der Waals surface area contributed by atoms with Crippen LogP contribution in [0.4, 0.5) is 52.7 Å². The third kappa shape index (κ3) is 4.42. The Labute approximate surface area is 146 Å². The third-order valence-electron chi connectivity index (χ3n) is 3.84. The number of rotatable bonds is 12. The van der Waals surface area contributed by atoms with Crippen LogP contribution in [0.25, 0.3) is 0 Å². The molecule has 1 N–H and O–H groups in total. The summed E-state index contributed by atoms with van der Waals surface area (Å²) in [7, 11) is 0. The van der Waals surface area contributed by atoms with E-state index in [1.807, 2.05) is 0 Å². The Balaban J connectivity index is 5.99. The molecule has 0 aromatic heterocycles. The molecular weight excluding hydrogens is 412 g/mol. The highest BCUT2D eigenvalue weighted by Gasteiger charge is 2.89. The van der Waals surface area contributed by atoms with E-state index in [-0.39, 0.29) is 12.8 Å². The van der Waals surface area contributed by atoms with E-state index in [9.17, 15) is 52.7 Å². The minimum atomic E-state index is -7.52. The van der Waals surface area contributed by atoms with Crippen LogP contribution >= 0.6 is 0 Å². The summed E-state index contributed by atoms with van der Waals surface area (Å²) in [5.41, 5.74) is 0. The number of hydrogen-bond donors (Lipinski definition) is 1. The molecular formula is C14H18F12O. The second-order valence-electron chi connectivity index (χ2n) is 5.99. The predicted molar refractivity (Wildman–Crippen MR) is 70.1 cm³/mol. The lowest BCUT2D eigenvalue weighted by molar-refractivity contribution is -0.425. The molecule has 0 spiro atoms. The first kappa shape index (κ1) is 26.1. The van der Waals surface area contributed by atoms with Crippen molar-refractivity contribution in [1.82, 2.24) is 0 Å². The Morgan fingerprint density at radius 2 is 0.852 bits per heavy atom. The highest BCUT2D eigenvalue weighted by atomic mass is 19.4. The fraction of sp³-hybridized carbons (Fsp3) is 1.00. The molecule has 0 bridgehead atoms. The van der Waals surface area contributed by atoms with Gasteiger partial charge >= 0.3 is 35.5 Å². The van der Waals surface area contributed by atoms with Gasteiger partial charge in [-0.3, -0.25) is 0 Å². The van der Waals surface area contributed by atoms with Crippen molar-refractivity contribution in [2.45, 2.75) is 81.0 Å². The molecule has 0 atom stereocenters. The zero-order valence-corrected chi connectivity index (χ0v) is 13.9. The van der Waals surface area contributed by atoms with Crippen LogP contribution in [-0.2, 0) is 0 Å². The second kappa shape index (κ2) is 8.24. The Morgan fingerprint density at radius 1 is 0.519 bits per heavy atom. The molecule has 0 aliphatic heterocycles. The zero-order chi connectivity index (χ0) is 21.9. The Hall–Kier alpha value is -0.880. The van der Waals surface area contributed by atoms with Gasteiger partial charge in [0.05, 0.1) is 0 Å². The Kier molecular flexibility index (Phi) is 7.97. The van der Waals surface area contributed by atoms with E-state index < -0.39 is 67.8 Å². The van der Waals surface area contributed by atoms with Gasteiger partial charge in [-0.05, 0) is 12.8 Å². The van der Waals surface area contributed by atoms with Gasteiger partial charge in [0.2, 0.25) is 0 Å². The zero-order valence-electron chi connectivity index (χ0n) is 13.9. The van der Waals surface area contributed by atoms with Crippen molar-refractivity contribution in [3.05, 3.63) is 0 Å². The van der Waals surface area contributed by atoms with Crippen molar-refractivity contribution < 1.29 is 57.8 Å². The maximum Gasteiger partial charge on any atom is 0.384 e. The molecule has 0 heterocycles. The fourth-order valence-corrected chi connectivity index (χ4v) is 2.07. The first-order chi connectivity index (χ1) is 11.9. The van der Waals surface area contributed by atoms with Crippen LogP contribution in [0.15, 0.2) is 0 Å². The molecule has 0 saturated heterocycles. The average molecular weight is 430 g/mol. The molecule has 164 valence electrons. The number of alkyl halides is 12. The first-order valence-corrected chi connectivity index (χ1v) is 7.75. The number of hydrogen-bond acceptors (Lipinski definition) is 1. The lowest BCUT2D eigenvalue weighted by atomic mass is 9.88. The van der Waals surface area contributed by atoms with Crippen molar-refractivity contribution in [3.63, 3.8) is 0 Å². The highest BCUT2D eigenvalue weighted by Crippen LogP contribution is 2.61. The largest absolute Gasteiger partial charge is 0.396 e. The van der Waals surface area contributed by atoms with E-state index in [1.165, 1.54) is 6.92 Å². The molecule has 0 aliphatic rings. The normalized spacial score (nSPS) is 15.3. The van der Waals surface area contributed by atoms with Crippen molar-refractivity contribution in [2.24, 2.45) is 0 Å². The molecule has 1 nitrogen and oxygen atoms in total. The standard InChI is InChI=1S/C14H18F12O/c1-2-3-4-6-9(15,16)11(19,20)13(23,24)14(25,26)12(21,22)10(17,18)7-5-8-27/h27H,2-8H2,1H3. The van der Waals surface area contributed by atoms with E-state index in [4.69, 9.17) is 5.11 Å². The van der Waals surface area contributed by atoms with Crippen molar-refractivity contribution in [2.75, 3.05) is 6.61 Å². The van der Waals surface area contributed by atoms with Crippen LogP contribution in [0.5, 0.6) is 0 Å². The molecule has 0 aliphatic carbocycles. The van der Waals surface area contributed by atoms with Crippen LogP contribution in [0.1, 0.15) is 45.4 Å². The maximum absolute atomic E-state index is 13.5. The molecule has 27 heavy (non-hydrogen) atoms. The van der Waals surface area contributed by atoms with Crippen molar-refractivity contribution in [3.8, 4) is 0 Å². The van der Waals surface area contributed by atoms with E-state index in [0.29, 0.717) is 0 Å². The third-order valence-corrected chi connectivity index (χ3v) is 3.84. The molecule has 0 radical (unpaired) electrons. The number of unbranched alkanes of at least 4 members (excludes halogenated alkanes) is 2. The number of aliphatic hydroxyl groups is 1. The fourth-order valence-electron chi connectivity index (χ4n) is 2.07. The van der Waals surface area contributed by atoms with E-state index in [0.717, 1.165) is 0 Å². The summed E-state index contributed by atoms with van der Waals surface area (Å²) in [6, 6.07) is 0. The van der Waals surface area contributed by atoms with Crippen molar-refractivity contribution in [1.29, 1.82) is 0 Å². The van der Waals surface area contributed by atoms with Gasteiger partial charge in [-0.2, -0.15) is 52.7 Å². The molecule has 0 saturated carbocycles. The van der Waals surface area contributed by atoms with Gasteiger partial charge in [0, 0.05) is 19.4 Å². The van der Waals surface area contributed by atoms with Gasteiger partial charge in [0.1, 0.15) is 0 Å². The van der Waals surface area contributed by atoms with Gasteiger partial charge in [0.25, 0.3) is 0 Å². The monoisotopic (exact) mass is 430 g/mol. The van der Waals surface area contributed by atoms with Crippen LogP contribution < -0.4 is 0 Å². The summed E-state index contributed by atoms with van der Waals surface area (Å²) >= 11 is 0. The second-order valence-corrected chi connectivity index (χ2v) is 5.99. The average Bonchev–Trinajstić information content (AvgIpc) is 2.52. The molecule has 0 fully saturated rings. The van der Waals surface area contributed by atoms with E-state index in [2.05, 4.69) is 0 Å². The SMILES string of the molecule is CCCCCC(F)(F)C(F)(F)C(F)(F)C(F)(F)C(F)(F)C(F)(F)CCCO. The lowest BCUT2D eigenvalue weighted by Gasteiger charge is -2.41. The molecule has 0 unspecified atom stereocenters. The van der Waals surface area contributed by atoms with Crippen LogP contribution in [0.2, 0.25) is 0 Å². The Morgan fingerprint density at radius 3 is 1.15 bits per heavy atom. The molecule has 0 aromatic rings. The van der Waals surface area contributed by atoms with Gasteiger partial charge in [-0.25, -0.2) is 0 Å². The number of halogens is 12. The Bertz CT molecular complexity index is 475. The topological polar surface area (TPSA) is 20.2 Å². The van der Waals surface area contributed by atoms with Crippen molar-refractivity contribution >= 4 is 0 Å². The summed E-state index contributed by atoms with van der Waals surface area (Å²) in [5.74, 6) is -41.0. The van der Waals surface area contributed by atoms with Gasteiger partial charge in [-0.1, -0.05) is 19.8 Å². The summed E-state index contributed by atoms with van der Waals surface area (Å²) in [6.45, 7) is 0.188. The highest BCUT2D eigenvalue weighted by molar-refractivity contribution is 5.11. The minimum absolute atomic E-state index is 0.156. The summed E-state index contributed by atoms with van der Waals surface area (Å²) in [5, 5.41) is 8.26.